The van der Waals surface area contributed by atoms with Crippen LogP contribution in [0.15, 0.2) is 29.8 Å². The normalized spacial score (nSPS) is 21.7. The first-order valence-electron chi connectivity index (χ1n) is 9.85. The van der Waals surface area contributed by atoms with Gasteiger partial charge in [0.05, 0.1) is 0 Å². The topological polar surface area (TPSA) is 82.6 Å². The molecule has 7 nitrogen and oxygen atoms in total. The van der Waals surface area contributed by atoms with Gasteiger partial charge >= 0.3 is 0 Å². The van der Waals surface area contributed by atoms with Crippen molar-refractivity contribution in [1.29, 1.82) is 0 Å². The van der Waals surface area contributed by atoms with Crippen LogP contribution in [-0.4, -0.2) is 46.7 Å². The van der Waals surface area contributed by atoms with Gasteiger partial charge in [-0.25, -0.2) is 4.98 Å². The van der Waals surface area contributed by atoms with Gasteiger partial charge in [-0.1, -0.05) is 6.07 Å². The van der Waals surface area contributed by atoms with Gasteiger partial charge < -0.3 is 15.1 Å². The van der Waals surface area contributed by atoms with Crippen LogP contribution in [0.2, 0.25) is 0 Å². The van der Waals surface area contributed by atoms with E-state index >= 15 is 0 Å². The highest BCUT2D eigenvalue weighted by Crippen LogP contribution is 2.30. The largest absolute Gasteiger partial charge is 0.330 e. The number of amides is 3. The van der Waals surface area contributed by atoms with Crippen molar-refractivity contribution in [2.75, 3.05) is 23.3 Å². The van der Waals surface area contributed by atoms with Crippen LogP contribution in [0.1, 0.15) is 30.4 Å². The summed E-state index contributed by atoms with van der Waals surface area (Å²) in [5.74, 6) is -1.37. The highest BCUT2D eigenvalue weighted by atomic mass is 32.1. The molecule has 0 spiro atoms. The van der Waals surface area contributed by atoms with Crippen molar-refractivity contribution < 1.29 is 14.4 Å². The number of nitrogens with one attached hydrogen (secondary N) is 1. The van der Waals surface area contributed by atoms with E-state index in [2.05, 4.69) is 10.3 Å². The Labute approximate surface area is 173 Å². The molecule has 3 heterocycles. The van der Waals surface area contributed by atoms with Gasteiger partial charge in [0.1, 0.15) is 12.0 Å². The molecule has 8 heteroatoms. The van der Waals surface area contributed by atoms with Crippen LogP contribution < -0.4 is 10.2 Å². The zero-order valence-corrected chi connectivity index (χ0v) is 17.4. The highest BCUT2D eigenvalue weighted by molar-refractivity contribution is 7.13. The molecule has 0 aliphatic carbocycles. The van der Waals surface area contributed by atoms with Crippen molar-refractivity contribution in [3.8, 4) is 0 Å². The summed E-state index contributed by atoms with van der Waals surface area (Å²) >= 11 is 1.34. The molecule has 1 aromatic heterocycles. The van der Waals surface area contributed by atoms with Crippen molar-refractivity contribution in [2.24, 2.45) is 5.92 Å². The van der Waals surface area contributed by atoms with Gasteiger partial charge in [-0.2, -0.15) is 0 Å². The van der Waals surface area contributed by atoms with Crippen LogP contribution in [0.3, 0.4) is 0 Å². The lowest BCUT2D eigenvalue weighted by atomic mass is 10.1. The lowest BCUT2D eigenvalue weighted by Crippen LogP contribution is -2.47. The summed E-state index contributed by atoms with van der Waals surface area (Å²) in [5.41, 5.74) is 3.11. The van der Waals surface area contributed by atoms with E-state index in [9.17, 15) is 14.4 Å². The number of aromatic nitrogens is 1. The summed E-state index contributed by atoms with van der Waals surface area (Å²) in [7, 11) is 0. The van der Waals surface area contributed by atoms with Gasteiger partial charge in [0.25, 0.3) is 0 Å². The van der Waals surface area contributed by atoms with Gasteiger partial charge in [0, 0.05) is 30.4 Å². The van der Waals surface area contributed by atoms with Gasteiger partial charge in [-0.3, -0.25) is 14.4 Å². The third-order valence-corrected chi connectivity index (χ3v) is 6.50. The maximum absolute atomic E-state index is 13.2. The Hall–Kier alpha value is -2.74. The van der Waals surface area contributed by atoms with Gasteiger partial charge in [0.2, 0.25) is 17.7 Å². The zero-order valence-electron chi connectivity index (χ0n) is 16.6. The van der Waals surface area contributed by atoms with E-state index < -0.39 is 12.0 Å². The maximum Gasteiger partial charge on any atom is 0.248 e. The van der Waals surface area contributed by atoms with Gasteiger partial charge in [-0.15, -0.1) is 11.3 Å². The second kappa shape index (κ2) is 7.94. The molecule has 2 aliphatic heterocycles. The van der Waals surface area contributed by atoms with E-state index in [4.69, 9.17) is 0 Å². The minimum atomic E-state index is -0.718. The van der Waals surface area contributed by atoms with E-state index in [-0.39, 0.29) is 17.7 Å². The molecule has 0 bridgehead atoms. The van der Waals surface area contributed by atoms with E-state index in [1.807, 2.05) is 32.0 Å². The van der Waals surface area contributed by atoms with Crippen molar-refractivity contribution in [3.05, 3.63) is 40.9 Å². The predicted molar refractivity (Wildman–Crippen MR) is 112 cm³/mol. The molecule has 0 saturated carbocycles. The molecule has 1 aromatic carbocycles. The number of likely N-dealkylation sites (tertiary alicyclic amines) is 1. The first kappa shape index (κ1) is 19.6. The molecule has 2 unspecified atom stereocenters. The molecule has 3 amide bonds. The van der Waals surface area contributed by atoms with E-state index in [1.165, 1.54) is 16.9 Å². The molecule has 0 radical (unpaired) electrons. The number of hydrogen-bond acceptors (Lipinski definition) is 5. The Morgan fingerprint density at radius 1 is 1.17 bits per heavy atom. The fourth-order valence-electron chi connectivity index (χ4n) is 4.04. The summed E-state index contributed by atoms with van der Waals surface area (Å²) in [6.07, 6.45) is 3.45. The number of rotatable bonds is 4. The van der Waals surface area contributed by atoms with E-state index in [1.54, 1.807) is 21.4 Å². The molecule has 2 atom stereocenters. The summed E-state index contributed by atoms with van der Waals surface area (Å²) < 4.78 is 0. The average Bonchev–Trinajstić information content (AvgIpc) is 3.44. The van der Waals surface area contributed by atoms with Gasteiger partial charge in [0.15, 0.2) is 5.13 Å². The molecular weight excluding hydrogens is 388 g/mol. The van der Waals surface area contributed by atoms with Crippen LogP contribution in [0, 0.1) is 19.8 Å². The summed E-state index contributed by atoms with van der Waals surface area (Å²) in [4.78, 5) is 46.1. The van der Waals surface area contributed by atoms with Crippen LogP contribution >= 0.6 is 11.3 Å². The molecular formula is C21H24N4O3S. The first-order valence-corrected chi connectivity index (χ1v) is 10.7. The Bertz CT molecular complexity index is 943. The number of nitrogens with zero attached hydrogens (tertiary/aromatic N) is 3. The summed E-state index contributed by atoms with van der Waals surface area (Å²) in [5, 5.41) is 5.08. The molecule has 2 aliphatic rings. The molecule has 2 fully saturated rings. The number of hydrogen-bond donors (Lipinski definition) is 1. The second-order valence-corrected chi connectivity index (χ2v) is 8.51. The predicted octanol–water partition coefficient (Wildman–Crippen LogP) is 2.74. The zero-order chi connectivity index (χ0) is 20.5. The van der Waals surface area contributed by atoms with Crippen molar-refractivity contribution >= 4 is 39.9 Å². The van der Waals surface area contributed by atoms with Crippen molar-refractivity contribution in [1.82, 2.24) is 9.88 Å². The highest BCUT2D eigenvalue weighted by Gasteiger charge is 2.44. The van der Waals surface area contributed by atoms with Crippen LogP contribution in [-0.2, 0) is 14.4 Å². The molecule has 1 N–H and O–H groups in total. The molecule has 152 valence electrons. The fraction of sp³-hybridized carbons (Fsp3) is 0.429. The Morgan fingerprint density at radius 3 is 2.72 bits per heavy atom. The Balaban J connectivity index is 1.46. The molecule has 29 heavy (non-hydrogen) atoms. The molecule has 2 saturated heterocycles. The Morgan fingerprint density at radius 2 is 2.00 bits per heavy atom. The SMILES string of the molecule is Cc1ccc(N2CCC(C(=O)N3CCCC3C(=O)Nc3nccs3)C2=O)cc1C. The third kappa shape index (κ3) is 3.76. The first-order chi connectivity index (χ1) is 14.0. The van der Waals surface area contributed by atoms with Crippen LogP contribution in [0.4, 0.5) is 10.8 Å². The lowest BCUT2D eigenvalue weighted by Gasteiger charge is -2.26. The van der Waals surface area contributed by atoms with Crippen LogP contribution in [0.5, 0.6) is 0 Å². The smallest absolute Gasteiger partial charge is 0.248 e. The standard InChI is InChI=1S/C21H24N4O3S/c1-13-5-6-15(12-14(13)2)24-10-7-16(19(24)27)20(28)25-9-3-4-17(25)18(26)23-21-22-8-11-29-21/h5-6,8,11-12,16-17H,3-4,7,9-10H2,1-2H3,(H,22,23,26). The number of carbonyl (C=O) groups is 3. The van der Waals surface area contributed by atoms with E-state index in [0.29, 0.717) is 31.1 Å². The van der Waals surface area contributed by atoms with Gasteiger partial charge in [-0.05, 0) is 56.4 Å². The number of benzene rings is 1. The van der Waals surface area contributed by atoms with Crippen molar-refractivity contribution in [3.63, 3.8) is 0 Å². The van der Waals surface area contributed by atoms with Crippen LogP contribution in [0.25, 0.3) is 0 Å². The number of aryl methyl sites for hydroxylation is 2. The third-order valence-electron chi connectivity index (χ3n) is 5.81. The summed E-state index contributed by atoms with van der Waals surface area (Å²) in [6, 6.07) is 5.36. The number of thiazole rings is 1. The number of anilines is 2. The van der Waals surface area contributed by atoms with Crippen molar-refractivity contribution in [2.45, 2.75) is 39.2 Å². The average molecular weight is 413 g/mol. The molecule has 2 aromatic rings. The quantitative estimate of drug-likeness (QED) is 0.783. The lowest BCUT2D eigenvalue weighted by molar-refractivity contribution is -0.143. The number of carbonyl (C=O) groups excluding carboxylic acids is 3. The summed E-state index contributed by atoms with van der Waals surface area (Å²) in [6.45, 7) is 5.06. The Kier molecular flexibility index (Phi) is 5.36. The maximum atomic E-state index is 13.2. The fourth-order valence-corrected chi connectivity index (χ4v) is 4.57. The monoisotopic (exact) mass is 412 g/mol. The van der Waals surface area contributed by atoms with E-state index in [0.717, 1.165) is 17.7 Å². The minimum absolute atomic E-state index is 0.177. The minimum Gasteiger partial charge on any atom is -0.330 e. The second-order valence-electron chi connectivity index (χ2n) is 7.62. The molecule has 4 rings (SSSR count).